The highest BCUT2D eigenvalue weighted by Crippen LogP contribution is 2.42. The van der Waals surface area contributed by atoms with Gasteiger partial charge < -0.3 is 33.9 Å². The first-order valence-corrected chi connectivity index (χ1v) is 36.7. The number of hydrogen-bond acceptors (Lipinski definition) is 19. The summed E-state index contributed by atoms with van der Waals surface area (Å²) in [5, 5.41) is 18.0. The number of amidine groups is 2. The number of amides is 4. The van der Waals surface area contributed by atoms with Crippen LogP contribution < -0.4 is 4.74 Å². The molecule has 2 saturated heterocycles. The number of esters is 2. The van der Waals surface area contributed by atoms with Crippen molar-refractivity contribution in [3.63, 3.8) is 0 Å². The summed E-state index contributed by atoms with van der Waals surface area (Å²) in [4.78, 5) is 89.7. The van der Waals surface area contributed by atoms with Crippen LogP contribution in [0.15, 0.2) is 82.8 Å². The quantitative estimate of drug-likeness (QED) is 0.0346. The number of alkyl halides is 6. The number of terminal acetylenes is 2. The molecule has 2 fully saturated rings. The Bertz CT molecular complexity index is 4330. The molecular weight excluding hydrogens is 1420 g/mol. The van der Waals surface area contributed by atoms with E-state index in [1.165, 1.54) is 14.7 Å². The van der Waals surface area contributed by atoms with E-state index in [9.17, 15) is 77.1 Å². The van der Waals surface area contributed by atoms with E-state index in [4.69, 9.17) is 41.6 Å². The summed E-state index contributed by atoms with van der Waals surface area (Å²) in [6, 6.07) is 14.7. The predicted molar refractivity (Wildman–Crippen MR) is 378 cm³/mol. The van der Waals surface area contributed by atoms with E-state index in [-0.39, 0.29) is 119 Å². The molecule has 0 aromatic heterocycles. The van der Waals surface area contributed by atoms with Gasteiger partial charge in [0.2, 0.25) is 20.0 Å². The van der Waals surface area contributed by atoms with E-state index in [0.29, 0.717) is 45.0 Å². The van der Waals surface area contributed by atoms with Gasteiger partial charge >= 0.3 is 36.5 Å². The summed E-state index contributed by atoms with van der Waals surface area (Å²) in [5.41, 5.74) is -6.05. The number of phenols is 1. The van der Waals surface area contributed by atoms with Crippen LogP contribution in [0.2, 0.25) is 0 Å². The largest absolute Gasteiger partial charge is 0.508 e. The van der Waals surface area contributed by atoms with Gasteiger partial charge in [-0.2, -0.15) is 36.1 Å². The minimum atomic E-state index is -4.84. The summed E-state index contributed by atoms with van der Waals surface area (Å²) < 4.78 is 166. The van der Waals surface area contributed by atoms with Gasteiger partial charge in [0.15, 0.2) is 0 Å². The normalized spacial score (nSPS) is 16.6. The van der Waals surface area contributed by atoms with E-state index in [1.54, 1.807) is 133 Å². The molecule has 31 heteroatoms. The number of ether oxygens (including phenoxy) is 5. The minimum absolute atomic E-state index is 0.0797. The number of hydrogen-bond donors (Lipinski definition) is 2. The lowest BCUT2D eigenvalue weighted by atomic mass is 9.88. The summed E-state index contributed by atoms with van der Waals surface area (Å²) >= 11 is 0. The van der Waals surface area contributed by atoms with E-state index in [0.717, 1.165) is 34.9 Å². The van der Waals surface area contributed by atoms with Crippen LogP contribution in [-0.2, 0) is 73.8 Å². The SMILES string of the molecule is C#CCCO.C#CCCOc1cc(C2=NC3(CCN(S(=O)(=O)CCc4ccc(C(=O)OC(C)(C)C)cc4C)CC3)C(=O)N2C(=O)OC(C)(C)C)cc(C(F)(F)F)c1.Cc1cc(C(=O)OC(C)(C)C)ccc1CCS(=O)(=O)N1CCC2(CC1)N=C(c1cc(O)cc(C(F)(F)F)c1)N(C(=O)OC(C)(C)C)C2=O. The fourth-order valence-electron chi connectivity index (χ4n) is 11.3. The monoisotopic (exact) mass is 1510 g/mol. The molecule has 0 radical (unpaired) electrons. The Hall–Kier alpha value is -8.88. The zero-order valence-electron chi connectivity index (χ0n) is 61.2. The Morgan fingerprint density at radius 3 is 1.22 bits per heavy atom. The van der Waals surface area contributed by atoms with Crippen molar-refractivity contribution in [2.24, 2.45) is 9.98 Å². The second-order valence-electron chi connectivity index (χ2n) is 29.4. The zero-order chi connectivity index (χ0) is 79.0. The number of phenolic OH excluding ortho intramolecular Hbond substituents is 1. The average Bonchev–Trinajstić information content (AvgIpc) is 1.60. The van der Waals surface area contributed by atoms with Gasteiger partial charge in [0.25, 0.3) is 11.8 Å². The van der Waals surface area contributed by atoms with Gasteiger partial charge in [-0.05, 0) is 218 Å². The van der Waals surface area contributed by atoms with Crippen molar-refractivity contribution in [1.29, 1.82) is 0 Å². The van der Waals surface area contributed by atoms with E-state index in [2.05, 4.69) is 21.8 Å². The molecule has 105 heavy (non-hydrogen) atoms. The predicted octanol–water partition coefficient (Wildman–Crippen LogP) is 11.9. The number of aliphatic hydroxyl groups is 1. The first-order valence-electron chi connectivity index (χ1n) is 33.5. The second-order valence-corrected chi connectivity index (χ2v) is 33.6. The van der Waals surface area contributed by atoms with Crippen molar-refractivity contribution in [1.82, 2.24) is 18.4 Å². The highest BCUT2D eigenvalue weighted by molar-refractivity contribution is 7.89. The van der Waals surface area contributed by atoms with E-state index >= 15 is 0 Å². The molecule has 4 aromatic rings. The number of carbonyl (C=O) groups is 6. The fourth-order valence-corrected chi connectivity index (χ4v) is 14.2. The fraction of sp³-hybridized carbons (Fsp3) is 0.514. The third-order valence-electron chi connectivity index (χ3n) is 16.3. The van der Waals surface area contributed by atoms with E-state index < -0.39 is 125 Å². The van der Waals surface area contributed by atoms with Crippen LogP contribution in [0, 0.1) is 38.5 Å². The number of piperidine rings is 2. The Morgan fingerprint density at radius 2 is 0.895 bits per heavy atom. The number of aliphatic imine (C=N–C) groups is 2. The summed E-state index contributed by atoms with van der Waals surface area (Å²) in [5.74, 6) is -0.338. The van der Waals surface area contributed by atoms with Crippen molar-refractivity contribution in [2.45, 2.75) is 194 Å². The van der Waals surface area contributed by atoms with Crippen LogP contribution in [0.4, 0.5) is 35.9 Å². The number of imide groups is 2. The molecule has 0 aliphatic carbocycles. The molecule has 8 rings (SSSR count). The molecule has 572 valence electrons. The van der Waals surface area contributed by atoms with Crippen molar-refractivity contribution in [2.75, 3.05) is 50.9 Å². The molecule has 4 amide bonds. The summed E-state index contributed by atoms with van der Waals surface area (Å²) in [6.07, 6.45) is -1.65. The number of nitrogens with zero attached hydrogens (tertiary/aromatic N) is 6. The van der Waals surface area contributed by atoms with Crippen LogP contribution >= 0.6 is 0 Å². The molecule has 4 aliphatic rings. The molecule has 4 heterocycles. The molecule has 2 N–H and O–H groups in total. The van der Waals surface area contributed by atoms with Crippen molar-refractivity contribution < 1.29 is 106 Å². The van der Waals surface area contributed by atoms with Crippen molar-refractivity contribution >= 4 is 67.7 Å². The first-order chi connectivity index (χ1) is 48.3. The van der Waals surface area contributed by atoms with Gasteiger partial charge in [0.05, 0.1) is 47.0 Å². The van der Waals surface area contributed by atoms with Gasteiger partial charge in [0.1, 0.15) is 56.7 Å². The third-order valence-corrected chi connectivity index (χ3v) is 20.0. The number of rotatable bonds is 16. The van der Waals surface area contributed by atoms with Crippen molar-refractivity contribution in [3.8, 4) is 36.2 Å². The van der Waals surface area contributed by atoms with Crippen LogP contribution in [0.3, 0.4) is 0 Å². The Morgan fingerprint density at radius 1 is 0.533 bits per heavy atom. The topological polar surface area (TPSA) is 295 Å². The molecule has 2 spiro atoms. The number of aliphatic hydroxyl groups excluding tert-OH is 1. The zero-order valence-corrected chi connectivity index (χ0v) is 62.8. The lowest BCUT2D eigenvalue weighted by Gasteiger charge is -2.35. The van der Waals surface area contributed by atoms with Gasteiger partial charge in [0, 0.05) is 50.1 Å². The maximum atomic E-state index is 14.1. The molecule has 0 atom stereocenters. The Balaban J connectivity index is 0.000000310. The van der Waals surface area contributed by atoms with Crippen molar-refractivity contribution in [3.05, 3.63) is 128 Å². The second kappa shape index (κ2) is 32.9. The highest BCUT2D eigenvalue weighted by atomic mass is 32.2. The highest BCUT2D eigenvalue weighted by Gasteiger charge is 2.56. The standard InChI is InChI=1S/C37H44F3N3O8S.C33H40F3N3O8S.C4H6O/c1-9-10-18-49-29-22-27(21-28(23-29)37(38,39)40)30-41-36(32(45)43(30)33(46)51-35(6,7)8)14-16-42(17-15-36)52(47,48)19-13-25-11-12-26(20-24(25)2)31(44)50-34(3,4)5;1-20-16-22(27(41)46-30(2,3)4)9-8-21(20)10-15-48(44,45)38-13-11-32(12-14-38)28(42)39(29(43)47-31(5,6)7)26(37-32)23-17-24(33(34,35)36)19-25(40)18-23;1-2-3-4-5/h1,11-12,20-23H,10,13-19H2,2-8H3;8-9,16-19,40H,10-15H2,1-7H3;1,5H,3-4H2. The smallest absolute Gasteiger partial charge is 0.423 e. The van der Waals surface area contributed by atoms with E-state index in [1.807, 2.05) is 0 Å². The number of halogens is 6. The third kappa shape index (κ3) is 22.8. The molecule has 0 saturated carbocycles. The molecule has 4 aromatic carbocycles. The number of benzene rings is 4. The minimum Gasteiger partial charge on any atom is -0.508 e. The van der Waals surface area contributed by atoms with Gasteiger partial charge in [-0.25, -0.2) is 44.6 Å². The molecule has 4 aliphatic heterocycles. The number of carbonyl (C=O) groups excluding carboxylic acids is 6. The number of aryl methyl sites for hydroxylation is 4. The Labute approximate surface area is 608 Å². The maximum absolute atomic E-state index is 14.1. The van der Waals surface area contributed by atoms with Crippen LogP contribution in [0.5, 0.6) is 11.5 Å². The summed E-state index contributed by atoms with van der Waals surface area (Å²) in [6.45, 7) is 22.9. The number of sulfonamides is 2. The average molecular weight is 1510 g/mol. The maximum Gasteiger partial charge on any atom is 0.423 e. The number of aromatic hydroxyl groups is 1. The lowest BCUT2D eigenvalue weighted by Crippen LogP contribution is -2.53. The lowest BCUT2D eigenvalue weighted by molar-refractivity contribution is -0.138. The van der Waals surface area contributed by atoms with Crippen LogP contribution in [-0.4, -0.2) is 177 Å². The molecular formula is C74H90F6N6O17S2. The molecule has 23 nitrogen and oxygen atoms in total. The molecule has 0 bridgehead atoms. The van der Waals surface area contributed by atoms with Crippen LogP contribution in [0.25, 0.3) is 0 Å². The van der Waals surface area contributed by atoms with Gasteiger partial charge in [-0.15, -0.1) is 24.7 Å². The molecule has 0 unspecified atom stereocenters. The van der Waals surface area contributed by atoms with Crippen LogP contribution in [0.1, 0.15) is 187 Å². The Kier molecular flexibility index (Phi) is 26.6. The first kappa shape index (κ1) is 85.1. The summed E-state index contributed by atoms with van der Waals surface area (Å²) in [7, 11) is -7.69. The van der Waals surface area contributed by atoms with Gasteiger partial charge in [-0.1, -0.05) is 12.1 Å². The van der Waals surface area contributed by atoms with Gasteiger partial charge in [-0.3, -0.25) is 19.6 Å².